The summed E-state index contributed by atoms with van der Waals surface area (Å²) in [4.78, 5) is 17.6. The lowest BCUT2D eigenvalue weighted by atomic mass is 10.0. The Hall–Kier alpha value is -0.530. The third-order valence-corrected chi connectivity index (χ3v) is 3.07. The van der Waals surface area contributed by atoms with Gasteiger partial charge in [-0.05, 0) is 18.9 Å². The number of likely N-dealkylation sites (tertiary alicyclic amines) is 1. The number of pyridine rings is 1. The van der Waals surface area contributed by atoms with Crippen LogP contribution in [-0.2, 0) is 4.79 Å². The number of rotatable bonds is 3. The summed E-state index contributed by atoms with van der Waals surface area (Å²) in [5.74, 6) is -0.182. The van der Waals surface area contributed by atoms with Crippen LogP contribution < -0.4 is 5.73 Å². The smallest absolute Gasteiger partial charge is 0.242 e. The molecule has 1 aromatic heterocycles. The maximum absolute atomic E-state index is 12.0. The third kappa shape index (κ3) is 5.10. The summed E-state index contributed by atoms with van der Waals surface area (Å²) in [6.07, 6.45) is 4.19. The second kappa shape index (κ2) is 10.2. The van der Waals surface area contributed by atoms with Crippen LogP contribution in [-0.4, -0.2) is 40.0 Å². The van der Waals surface area contributed by atoms with E-state index in [-0.39, 0.29) is 44.2 Å². The van der Waals surface area contributed by atoms with E-state index in [9.17, 15) is 9.90 Å². The van der Waals surface area contributed by atoms with Crippen molar-refractivity contribution in [1.82, 2.24) is 9.88 Å². The van der Waals surface area contributed by atoms with E-state index in [1.165, 1.54) is 6.20 Å². The molecule has 5 nitrogen and oxygen atoms in total. The van der Waals surface area contributed by atoms with Crippen LogP contribution >= 0.6 is 38.3 Å². The van der Waals surface area contributed by atoms with E-state index in [2.05, 4.69) is 4.98 Å². The van der Waals surface area contributed by atoms with Gasteiger partial charge in [-0.15, -0.1) is 24.8 Å². The van der Waals surface area contributed by atoms with Gasteiger partial charge in [-0.25, -0.2) is 0 Å². The van der Waals surface area contributed by atoms with Gasteiger partial charge in [-0.3, -0.25) is 9.78 Å². The molecule has 2 atom stereocenters. The lowest BCUT2D eigenvalue weighted by molar-refractivity contribution is -0.134. The van der Waals surface area contributed by atoms with Crippen molar-refractivity contribution < 1.29 is 9.90 Å². The third-order valence-electron chi connectivity index (χ3n) is 3.07. The normalized spacial score (nSPS) is 16.2. The fraction of sp³-hybridized carbons (Fsp3) is 0.500. The Morgan fingerprint density at radius 2 is 1.95 bits per heavy atom. The molecule has 0 spiro atoms. The second-order valence-corrected chi connectivity index (χ2v) is 4.29. The van der Waals surface area contributed by atoms with E-state index in [1.807, 2.05) is 0 Å². The van der Waals surface area contributed by atoms with Gasteiger partial charge in [-0.2, -0.15) is 13.5 Å². The van der Waals surface area contributed by atoms with Crippen LogP contribution in [0.4, 0.5) is 0 Å². The minimum Gasteiger partial charge on any atom is -0.386 e. The van der Waals surface area contributed by atoms with Crippen LogP contribution in [0.2, 0.25) is 0 Å². The van der Waals surface area contributed by atoms with E-state index < -0.39 is 12.1 Å². The number of carbonyl (C=O) groups excluding carboxylic acids is 1. The number of halogens is 2. The van der Waals surface area contributed by atoms with Crippen LogP contribution in [0.3, 0.4) is 0 Å². The molecule has 0 bridgehead atoms. The molecule has 1 aromatic rings. The zero-order valence-corrected chi connectivity index (χ0v) is 13.6. The number of aliphatic hydroxyl groups excluding tert-OH is 1. The lowest BCUT2D eigenvalue weighted by Crippen LogP contribution is -2.45. The zero-order valence-electron chi connectivity index (χ0n) is 10.9. The molecule has 1 saturated heterocycles. The van der Waals surface area contributed by atoms with Crippen molar-refractivity contribution in [1.29, 1.82) is 0 Å². The number of nitrogens with two attached hydrogens (primary N) is 1. The van der Waals surface area contributed by atoms with Crippen molar-refractivity contribution >= 4 is 44.2 Å². The summed E-state index contributed by atoms with van der Waals surface area (Å²) in [7, 11) is 0. The molecule has 2 heterocycles. The summed E-state index contributed by atoms with van der Waals surface area (Å²) < 4.78 is 0. The van der Waals surface area contributed by atoms with Gasteiger partial charge < -0.3 is 15.7 Å². The molecule has 0 aliphatic carbocycles. The molecule has 116 valence electrons. The standard InChI is InChI=1S/C12H17N3O2.2ClH.H2S/c13-10(12(17)15-6-1-2-7-15)11(16)9-4-3-5-14-8-9;;;/h3-5,8,10-11,16H,1-2,6-7,13H2;2*1H;1H2/t10-,11+;;;/m1.../s1. The number of hydrogen-bond donors (Lipinski definition) is 2. The summed E-state index contributed by atoms with van der Waals surface area (Å²) >= 11 is 0. The Balaban J connectivity index is 0. The highest BCUT2D eigenvalue weighted by atomic mass is 35.5. The number of carbonyl (C=O) groups is 1. The SMILES string of the molecule is Cl.Cl.N[C@@H](C(=O)N1CCCC1)[C@@H](O)c1cccnc1.S. The predicted molar refractivity (Wildman–Crippen MR) is 87.9 cm³/mol. The topological polar surface area (TPSA) is 79.5 Å². The van der Waals surface area contributed by atoms with E-state index >= 15 is 0 Å². The first-order valence-electron chi connectivity index (χ1n) is 5.82. The highest BCUT2D eigenvalue weighted by Gasteiger charge is 2.29. The Morgan fingerprint density at radius 3 is 2.45 bits per heavy atom. The van der Waals surface area contributed by atoms with E-state index in [0.29, 0.717) is 5.56 Å². The highest BCUT2D eigenvalue weighted by molar-refractivity contribution is 7.59. The molecule has 3 N–H and O–H groups in total. The summed E-state index contributed by atoms with van der Waals surface area (Å²) in [5.41, 5.74) is 6.38. The molecule has 1 amide bonds. The number of hydrogen-bond acceptors (Lipinski definition) is 4. The molecular weight excluding hydrogens is 321 g/mol. The van der Waals surface area contributed by atoms with Gasteiger partial charge in [0.05, 0.1) is 0 Å². The van der Waals surface area contributed by atoms with E-state index in [4.69, 9.17) is 5.73 Å². The van der Waals surface area contributed by atoms with Crippen molar-refractivity contribution in [2.75, 3.05) is 13.1 Å². The minimum absolute atomic E-state index is 0. The molecule has 1 aliphatic heterocycles. The monoisotopic (exact) mass is 341 g/mol. The second-order valence-electron chi connectivity index (χ2n) is 4.29. The molecule has 0 saturated carbocycles. The van der Waals surface area contributed by atoms with Crippen LogP contribution in [0.15, 0.2) is 24.5 Å². The molecule has 2 rings (SSSR count). The Kier molecular flexibility index (Phi) is 11.1. The summed E-state index contributed by atoms with van der Waals surface area (Å²) in [6, 6.07) is 2.53. The number of amides is 1. The van der Waals surface area contributed by atoms with Gasteiger partial charge in [0.15, 0.2) is 0 Å². The molecule has 0 unspecified atom stereocenters. The first-order chi connectivity index (χ1) is 8.20. The average Bonchev–Trinajstić information content (AvgIpc) is 2.91. The van der Waals surface area contributed by atoms with Crippen LogP contribution in [0, 0.1) is 0 Å². The number of nitrogens with zero attached hydrogens (tertiary/aromatic N) is 2. The van der Waals surface area contributed by atoms with Gasteiger partial charge in [-0.1, -0.05) is 6.07 Å². The predicted octanol–water partition coefficient (Wildman–Crippen LogP) is 1.02. The van der Waals surface area contributed by atoms with Gasteiger partial charge >= 0.3 is 0 Å². The largest absolute Gasteiger partial charge is 0.386 e. The Labute approximate surface area is 138 Å². The Bertz CT molecular complexity index is 392. The minimum atomic E-state index is -0.989. The fourth-order valence-electron chi connectivity index (χ4n) is 2.04. The van der Waals surface area contributed by atoms with Crippen molar-refractivity contribution in [3.05, 3.63) is 30.1 Å². The summed E-state index contributed by atoms with van der Waals surface area (Å²) in [6.45, 7) is 1.48. The zero-order chi connectivity index (χ0) is 12.3. The van der Waals surface area contributed by atoms with Crippen LogP contribution in [0.25, 0.3) is 0 Å². The molecule has 0 aromatic carbocycles. The van der Waals surface area contributed by atoms with Gasteiger partial charge in [0, 0.05) is 31.0 Å². The van der Waals surface area contributed by atoms with E-state index in [0.717, 1.165) is 25.9 Å². The lowest BCUT2D eigenvalue weighted by Gasteiger charge is -2.23. The first kappa shape index (κ1) is 21.8. The fourth-order valence-corrected chi connectivity index (χ4v) is 2.04. The van der Waals surface area contributed by atoms with Gasteiger partial charge in [0.1, 0.15) is 12.1 Å². The van der Waals surface area contributed by atoms with Gasteiger partial charge in [0.25, 0.3) is 0 Å². The van der Waals surface area contributed by atoms with Crippen LogP contribution in [0.5, 0.6) is 0 Å². The molecule has 1 aliphatic rings. The molecule has 0 radical (unpaired) electrons. The Morgan fingerprint density at radius 1 is 1.35 bits per heavy atom. The summed E-state index contributed by atoms with van der Waals surface area (Å²) in [5, 5.41) is 10.0. The van der Waals surface area contributed by atoms with Crippen molar-refractivity contribution in [3.8, 4) is 0 Å². The van der Waals surface area contributed by atoms with Gasteiger partial charge in [0.2, 0.25) is 5.91 Å². The van der Waals surface area contributed by atoms with Crippen molar-refractivity contribution in [3.63, 3.8) is 0 Å². The highest BCUT2D eigenvalue weighted by Crippen LogP contribution is 2.17. The molecular formula is C12H21Cl2N3O2S. The molecule has 1 fully saturated rings. The average molecular weight is 342 g/mol. The van der Waals surface area contributed by atoms with E-state index in [1.54, 1.807) is 23.2 Å². The maximum atomic E-state index is 12.0. The number of aliphatic hydroxyl groups is 1. The van der Waals surface area contributed by atoms with Crippen molar-refractivity contribution in [2.24, 2.45) is 5.73 Å². The number of aromatic nitrogens is 1. The van der Waals surface area contributed by atoms with Crippen molar-refractivity contribution in [2.45, 2.75) is 25.0 Å². The molecule has 8 heteroatoms. The quantitative estimate of drug-likeness (QED) is 0.860. The van der Waals surface area contributed by atoms with Crippen LogP contribution in [0.1, 0.15) is 24.5 Å². The first-order valence-corrected chi connectivity index (χ1v) is 5.82. The maximum Gasteiger partial charge on any atom is 0.242 e. The molecule has 20 heavy (non-hydrogen) atoms.